The normalized spacial score (nSPS) is 12.4. The van der Waals surface area contributed by atoms with Gasteiger partial charge in [-0.3, -0.25) is 0 Å². The van der Waals surface area contributed by atoms with Gasteiger partial charge in [0.15, 0.2) is 5.96 Å². The standard InChI is InChI=1S/C22H27N5O2/c1-4-23-22(24-15-18-14-20(29-3)9-10-21(18)28)26-16(2)17-7-5-8-19(13-17)27-12-6-11-25-27/h5-14,16,28H,4,15H2,1-3H3,(H2,23,24,26). The zero-order valence-electron chi connectivity index (χ0n) is 17.0. The summed E-state index contributed by atoms with van der Waals surface area (Å²) in [4.78, 5) is 4.62. The number of guanidine groups is 1. The van der Waals surface area contributed by atoms with Crippen LogP contribution < -0.4 is 15.4 Å². The van der Waals surface area contributed by atoms with Crippen LogP contribution in [0.2, 0.25) is 0 Å². The van der Waals surface area contributed by atoms with Crippen molar-refractivity contribution < 1.29 is 9.84 Å². The van der Waals surface area contributed by atoms with Gasteiger partial charge in [-0.1, -0.05) is 12.1 Å². The monoisotopic (exact) mass is 393 g/mol. The highest BCUT2D eigenvalue weighted by Crippen LogP contribution is 2.23. The number of phenols is 1. The number of hydrogen-bond donors (Lipinski definition) is 3. The van der Waals surface area contributed by atoms with Gasteiger partial charge in [-0.25, -0.2) is 9.67 Å². The van der Waals surface area contributed by atoms with Crippen LogP contribution in [0.25, 0.3) is 5.69 Å². The maximum absolute atomic E-state index is 10.1. The summed E-state index contributed by atoms with van der Waals surface area (Å²) in [6.45, 7) is 5.16. The third kappa shape index (κ3) is 5.28. The van der Waals surface area contributed by atoms with Gasteiger partial charge in [-0.2, -0.15) is 5.10 Å². The van der Waals surface area contributed by atoms with Crippen LogP contribution >= 0.6 is 0 Å². The lowest BCUT2D eigenvalue weighted by molar-refractivity contribution is 0.411. The van der Waals surface area contributed by atoms with Crippen LogP contribution in [0.5, 0.6) is 11.5 Å². The van der Waals surface area contributed by atoms with Gasteiger partial charge in [0.1, 0.15) is 11.5 Å². The van der Waals surface area contributed by atoms with Crippen molar-refractivity contribution in [3.05, 3.63) is 72.1 Å². The van der Waals surface area contributed by atoms with Crippen molar-refractivity contribution in [2.75, 3.05) is 13.7 Å². The average Bonchev–Trinajstić information content (AvgIpc) is 3.28. The fourth-order valence-corrected chi connectivity index (χ4v) is 2.95. The quantitative estimate of drug-likeness (QED) is 0.423. The maximum atomic E-state index is 10.1. The average molecular weight is 393 g/mol. The summed E-state index contributed by atoms with van der Waals surface area (Å²) < 4.78 is 7.06. The topological polar surface area (TPSA) is 83.7 Å². The molecule has 0 spiro atoms. The Kier molecular flexibility index (Phi) is 6.73. The molecule has 7 nitrogen and oxygen atoms in total. The lowest BCUT2D eigenvalue weighted by Crippen LogP contribution is -2.38. The molecule has 152 valence electrons. The predicted molar refractivity (Wildman–Crippen MR) is 115 cm³/mol. The van der Waals surface area contributed by atoms with E-state index in [1.807, 2.05) is 36.0 Å². The van der Waals surface area contributed by atoms with E-state index in [2.05, 4.69) is 39.8 Å². The summed E-state index contributed by atoms with van der Waals surface area (Å²) >= 11 is 0. The molecule has 3 aromatic rings. The van der Waals surface area contributed by atoms with Crippen molar-refractivity contribution in [2.24, 2.45) is 4.99 Å². The third-order valence-electron chi connectivity index (χ3n) is 4.53. The van der Waals surface area contributed by atoms with Crippen LogP contribution in [-0.2, 0) is 6.54 Å². The minimum Gasteiger partial charge on any atom is -0.508 e. The molecule has 0 saturated heterocycles. The van der Waals surface area contributed by atoms with Crippen molar-refractivity contribution >= 4 is 5.96 Å². The first-order chi connectivity index (χ1) is 14.1. The molecule has 0 bridgehead atoms. The minimum atomic E-state index is 0.0298. The molecule has 0 aliphatic carbocycles. The molecular formula is C22H27N5O2. The number of nitrogens with zero attached hydrogens (tertiary/aromatic N) is 3. The first-order valence-corrected chi connectivity index (χ1v) is 9.61. The number of aliphatic imine (C=N–C) groups is 1. The molecular weight excluding hydrogens is 366 g/mol. The van der Waals surface area contributed by atoms with Gasteiger partial charge in [-0.15, -0.1) is 0 Å². The highest BCUT2D eigenvalue weighted by Gasteiger charge is 2.10. The van der Waals surface area contributed by atoms with Crippen LogP contribution in [0.3, 0.4) is 0 Å². The number of nitrogens with one attached hydrogen (secondary N) is 2. The highest BCUT2D eigenvalue weighted by atomic mass is 16.5. The molecule has 0 radical (unpaired) electrons. The second-order valence-corrected chi connectivity index (χ2v) is 6.60. The van der Waals surface area contributed by atoms with E-state index >= 15 is 0 Å². The summed E-state index contributed by atoms with van der Waals surface area (Å²) in [7, 11) is 1.60. The van der Waals surface area contributed by atoms with E-state index in [1.165, 1.54) is 0 Å². The molecule has 3 N–H and O–H groups in total. The molecule has 0 amide bonds. The number of benzene rings is 2. The predicted octanol–water partition coefficient (Wildman–Crippen LogP) is 3.40. The zero-order chi connectivity index (χ0) is 20.6. The Bertz CT molecular complexity index is 954. The Balaban J connectivity index is 1.75. The molecule has 29 heavy (non-hydrogen) atoms. The fraction of sp³-hybridized carbons (Fsp3) is 0.273. The molecule has 1 atom stereocenters. The third-order valence-corrected chi connectivity index (χ3v) is 4.53. The van der Waals surface area contributed by atoms with Gasteiger partial charge in [-0.05, 0) is 55.8 Å². The van der Waals surface area contributed by atoms with Gasteiger partial charge in [0, 0.05) is 24.5 Å². The van der Waals surface area contributed by atoms with Crippen molar-refractivity contribution in [3.8, 4) is 17.2 Å². The van der Waals surface area contributed by atoms with Gasteiger partial charge in [0.25, 0.3) is 0 Å². The Hall–Kier alpha value is -3.48. The molecule has 1 aromatic heterocycles. The molecule has 3 rings (SSSR count). The SMILES string of the molecule is CCNC(=NCc1cc(OC)ccc1O)NC(C)c1cccc(-n2cccn2)c1. The second kappa shape index (κ2) is 9.64. The highest BCUT2D eigenvalue weighted by molar-refractivity contribution is 5.80. The van der Waals surface area contributed by atoms with E-state index < -0.39 is 0 Å². The molecule has 1 unspecified atom stereocenters. The van der Waals surface area contributed by atoms with Crippen molar-refractivity contribution in [3.63, 3.8) is 0 Å². The van der Waals surface area contributed by atoms with Crippen molar-refractivity contribution in [2.45, 2.75) is 26.4 Å². The summed E-state index contributed by atoms with van der Waals surface area (Å²) in [5, 5.41) is 21.0. The van der Waals surface area contributed by atoms with E-state index in [0.717, 1.165) is 17.8 Å². The Morgan fingerprint density at radius 2 is 2.10 bits per heavy atom. The molecule has 0 aliphatic heterocycles. The molecule has 0 saturated carbocycles. The summed E-state index contributed by atoms with van der Waals surface area (Å²) in [5.41, 5.74) is 2.83. The smallest absolute Gasteiger partial charge is 0.192 e. The summed E-state index contributed by atoms with van der Waals surface area (Å²) in [5.74, 6) is 1.56. The first kappa shape index (κ1) is 20.3. The first-order valence-electron chi connectivity index (χ1n) is 9.61. The van der Waals surface area contributed by atoms with Crippen LogP contribution in [0.15, 0.2) is 65.9 Å². The minimum absolute atomic E-state index is 0.0298. The molecule has 1 heterocycles. The van der Waals surface area contributed by atoms with Gasteiger partial charge in [0.05, 0.1) is 25.4 Å². The van der Waals surface area contributed by atoms with E-state index in [4.69, 9.17) is 4.74 Å². The Morgan fingerprint density at radius 3 is 2.83 bits per heavy atom. The fourth-order valence-electron chi connectivity index (χ4n) is 2.95. The number of aromatic nitrogens is 2. The van der Waals surface area contributed by atoms with E-state index in [1.54, 1.807) is 31.5 Å². The van der Waals surface area contributed by atoms with Gasteiger partial charge < -0.3 is 20.5 Å². The lowest BCUT2D eigenvalue weighted by atomic mass is 10.1. The Labute approximate surface area is 171 Å². The molecule has 7 heteroatoms. The Morgan fingerprint density at radius 1 is 1.24 bits per heavy atom. The number of methoxy groups -OCH3 is 1. The van der Waals surface area contributed by atoms with Gasteiger partial charge in [0.2, 0.25) is 0 Å². The number of hydrogen-bond acceptors (Lipinski definition) is 4. The number of phenolic OH excluding ortho intramolecular Hbond substituents is 1. The summed E-state index contributed by atoms with van der Waals surface area (Å²) in [6, 6.07) is 15.3. The largest absolute Gasteiger partial charge is 0.508 e. The van der Waals surface area contributed by atoms with E-state index in [9.17, 15) is 5.11 Å². The molecule has 0 fully saturated rings. The number of rotatable bonds is 7. The number of aromatic hydroxyl groups is 1. The van der Waals surface area contributed by atoms with Crippen LogP contribution in [0.1, 0.15) is 31.0 Å². The zero-order valence-corrected chi connectivity index (χ0v) is 17.0. The van der Waals surface area contributed by atoms with Crippen molar-refractivity contribution in [1.82, 2.24) is 20.4 Å². The van der Waals surface area contributed by atoms with Crippen LogP contribution in [-0.4, -0.2) is 34.5 Å². The van der Waals surface area contributed by atoms with E-state index in [-0.39, 0.29) is 11.8 Å². The van der Waals surface area contributed by atoms with Crippen LogP contribution in [0.4, 0.5) is 0 Å². The van der Waals surface area contributed by atoms with Crippen molar-refractivity contribution in [1.29, 1.82) is 0 Å². The summed E-state index contributed by atoms with van der Waals surface area (Å²) in [6.07, 6.45) is 3.68. The van der Waals surface area contributed by atoms with Gasteiger partial charge >= 0.3 is 0 Å². The van der Waals surface area contributed by atoms with Crippen LogP contribution in [0, 0.1) is 0 Å². The maximum Gasteiger partial charge on any atom is 0.192 e. The molecule has 2 aromatic carbocycles. The second-order valence-electron chi connectivity index (χ2n) is 6.60. The van der Waals surface area contributed by atoms with E-state index in [0.29, 0.717) is 23.8 Å². The number of ether oxygens (including phenoxy) is 1. The molecule has 0 aliphatic rings. The lowest BCUT2D eigenvalue weighted by Gasteiger charge is -2.19.